The second kappa shape index (κ2) is 14.5. The van der Waals surface area contributed by atoms with Crippen LogP contribution in [-0.2, 0) is 4.74 Å². The Morgan fingerprint density at radius 3 is 1.75 bits per heavy atom. The summed E-state index contributed by atoms with van der Waals surface area (Å²) in [6.07, 6.45) is 5.51. The van der Waals surface area contributed by atoms with Crippen molar-refractivity contribution in [1.29, 1.82) is 0 Å². The summed E-state index contributed by atoms with van der Waals surface area (Å²) in [7, 11) is 0. The van der Waals surface area contributed by atoms with Gasteiger partial charge in [-0.3, -0.25) is 0 Å². The van der Waals surface area contributed by atoms with E-state index in [-0.39, 0.29) is 6.09 Å². The van der Waals surface area contributed by atoms with Gasteiger partial charge in [0.2, 0.25) is 0 Å². The number of rotatable bonds is 2. The molecule has 1 heterocycles. The monoisotopic (exact) mass is 437 g/mol. The highest BCUT2D eigenvalue weighted by Crippen LogP contribution is 2.40. The summed E-state index contributed by atoms with van der Waals surface area (Å²) in [5.74, 6) is 0.803. The Bertz CT molecular complexity index is 757. The Labute approximate surface area is 196 Å². The zero-order valence-electron chi connectivity index (χ0n) is 21.2. The molecule has 0 aromatic heterocycles. The summed E-state index contributed by atoms with van der Waals surface area (Å²) in [6, 6.07) is 21.0. The van der Waals surface area contributed by atoms with Gasteiger partial charge in [-0.15, -0.1) is 0 Å². The standard InChI is InChI=1S/C19H25NO2.C6H6.2C2H6/c1-19(2,3)22-18(21)20-12-10-17(11-13-20)16-8-6-15(7-9-16)14-4-5-14;1-2-4-6-5-3-1;2*1-2/h6-10,14H,4-5,11-13H2,1-3H3;1-6H;2*1-2H3. The molecule has 0 radical (unpaired) electrons. The molecule has 1 saturated carbocycles. The molecule has 0 bridgehead atoms. The fourth-order valence-electron chi connectivity index (χ4n) is 3.19. The van der Waals surface area contributed by atoms with Gasteiger partial charge in [0.15, 0.2) is 0 Å². The highest BCUT2D eigenvalue weighted by atomic mass is 16.6. The van der Waals surface area contributed by atoms with Gasteiger partial charge in [0.05, 0.1) is 0 Å². The smallest absolute Gasteiger partial charge is 0.410 e. The Morgan fingerprint density at radius 2 is 1.38 bits per heavy atom. The van der Waals surface area contributed by atoms with Crippen LogP contribution < -0.4 is 0 Å². The van der Waals surface area contributed by atoms with E-state index < -0.39 is 5.60 Å². The van der Waals surface area contributed by atoms with E-state index in [2.05, 4.69) is 30.3 Å². The summed E-state index contributed by atoms with van der Waals surface area (Å²) in [4.78, 5) is 13.8. The van der Waals surface area contributed by atoms with E-state index >= 15 is 0 Å². The van der Waals surface area contributed by atoms with E-state index in [0.717, 1.165) is 18.9 Å². The third-order valence-electron chi connectivity index (χ3n) is 4.86. The quantitative estimate of drug-likeness (QED) is 0.472. The molecule has 176 valence electrons. The maximum absolute atomic E-state index is 12.1. The van der Waals surface area contributed by atoms with Crippen molar-refractivity contribution in [2.45, 2.75) is 79.2 Å². The molecule has 1 amide bonds. The van der Waals surface area contributed by atoms with Crippen molar-refractivity contribution in [2.24, 2.45) is 0 Å². The molecule has 0 spiro atoms. The minimum absolute atomic E-state index is 0.216. The van der Waals surface area contributed by atoms with Crippen molar-refractivity contribution >= 4 is 11.7 Å². The highest BCUT2D eigenvalue weighted by Gasteiger charge is 2.25. The number of hydrogen-bond acceptors (Lipinski definition) is 2. The molecule has 3 heteroatoms. The second-order valence-corrected chi connectivity index (χ2v) is 8.46. The van der Waals surface area contributed by atoms with Gasteiger partial charge in [-0.2, -0.15) is 0 Å². The molecule has 4 rings (SSSR count). The van der Waals surface area contributed by atoms with Crippen LogP contribution in [0.3, 0.4) is 0 Å². The molecule has 32 heavy (non-hydrogen) atoms. The topological polar surface area (TPSA) is 29.5 Å². The molecule has 2 aromatic rings. The van der Waals surface area contributed by atoms with E-state index in [4.69, 9.17) is 4.74 Å². The predicted octanol–water partition coefficient (Wildman–Crippen LogP) is 8.33. The molecule has 1 aliphatic heterocycles. The Kier molecular flexibility index (Phi) is 12.5. The molecule has 1 fully saturated rings. The Balaban J connectivity index is 0.000000432. The van der Waals surface area contributed by atoms with Crippen LogP contribution in [0.5, 0.6) is 0 Å². The molecule has 0 atom stereocenters. The third kappa shape index (κ3) is 10.2. The van der Waals surface area contributed by atoms with E-state index in [1.54, 1.807) is 4.90 Å². The van der Waals surface area contributed by atoms with Gasteiger partial charge < -0.3 is 9.64 Å². The number of ether oxygens (including phenoxy) is 1. The highest BCUT2D eigenvalue weighted by molar-refractivity contribution is 5.72. The summed E-state index contributed by atoms with van der Waals surface area (Å²) in [5.41, 5.74) is 3.66. The molecular weight excluding hydrogens is 394 g/mol. The van der Waals surface area contributed by atoms with Gasteiger partial charge >= 0.3 is 6.09 Å². The Hall–Kier alpha value is -2.55. The fraction of sp³-hybridized carbons (Fsp3) is 0.483. The molecular formula is C29H43NO2. The van der Waals surface area contributed by atoms with Gasteiger partial charge in [0, 0.05) is 13.1 Å². The number of benzene rings is 2. The number of amides is 1. The molecule has 2 aromatic carbocycles. The molecule has 1 aliphatic carbocycles. The van der Waals surface area contributed by atoms with Crippen LogP contribution in [0.2, 0.25) is 0 Å². The molecule has 0 saturated heterocycles. The van der Waals surface area contributed by atoms with Crippen LogP contribution in [0, 0.1) is 0 Å². The summed E-state index contributed by atoms with van der Waals surface area (Å²) < 4.78 is 5.42. The van der Waals surface area contributed by atoms with Gasteiger partial charge in [0.25, 0.3) is 0 Å². The van der Waals surface area contributed by atoms with Crippen LogP contribution in [0.4, 0.5) is 4.79 Å². The van der Waals surface area contributed by atoms with Crippen molar-refractivity contribution in [3.63, 3.8) is 0 Å². The van der Waals surface area contributed by atoms with Crippen molar-refractivity contribution in [1.82, 2.24) is 4.90 Å². The lowest BCUT2D eigenvalue weighted by atomic mass is 9.98. The molecule has 0 unspecified atom stereocenters. The minimum atomic E-state index is -0.431. The van der Waals surface area contributed by atoms with Gasteiger partial charge in [0.1, 0.15) is 5.60 Å². The summed E-state index contributed by atoms with van der Waals surface area (Å²) >= 11 is 0. The van der Waals surface area contributed by atoms with E-state index in [1.165, 1.54) is 29.5 Å². The van der Waals surface area contributed by atoms with E-state index in [9.17, 15) is 4.79 Å². The second-order valence-electron chi connectivity index (χ2n) is 8.46. The number of nitrogens with zero attached hydrogens (tertiary/aromatic N) is 1. The van der Waals surface area contributed by atoms with Crippen molar-refractivity contribution in [3.8, 4) is 0 Å². The van der Waals surface area contributed by atoms with Crippen LogP contribution >= 0.6 is 0 Å². The van der Waals surface area contributed by atoms with Crippen molar-refractivity contribution in [3.05, 3.63) is 77.9 Å². The predicted molar refractivity (Wildman–Crippen MR) is 138 cm³/mol. The molecule has 2 aliphatic rings. The first-order valence-corrected chi connectivity index (χ1v) is 12.2. The fourth-order valence-corrected chi connectivity index (χ4v) is 3.19. The number of carbonyl (C=O) groups is 1. The number of hydrogen-bond donors (Lipinski definition) is 0. The van der Waals surface area contributed by atoms with Crippen LogP contribution in [0.25, 0.3) is 5.57 Å². The lowest BCUT2D eigenvalue weighted by molar-refractivity contribution is 0.0270. The van der Waals surface area contributed by atoms with Crippen molar-refractivity contribution < 1.29 is 9.53 Å². The van der Waals surface area contributed by atoms with Gasteiger partial charge in [-0.05, 0) is 62.7 Å². The van der Waals surface area contributed by atoms with Crippen LogP contribution in [0.1, 0.15) is 84.8 Å². The first-order chi connectivity index (χ1) is 15.4. The largest absolute Gasteiger partial charge is 0.444 e. The maximum Gasteiger partial charge on any atom is 0.410 e. The summed E-state index contributed by atoms with van der Waals surface area (Å²) in [6.45, 7) is 15.1. The molecule has 3 nitrogen and oxygen atoms in total. The molecule has 0 N–H and O–H groups in total. The third-order valence-corrected chi connectivity index (χ3v) is 4.86. The van der Waals surface area contributed by atoms with Crippen molar-refractivity contribution in [2.75, 3.05) is 13.1 Å². The lowest BCUT2D eigenvalue weighted by Gasteiger charge is -2.29. The normalized spacial score (nSPS) is 14.8. The van der Waals surface area contributed by atoms with E-state index in [1.807, 2.05) is 84.9 Å². The van der Waals surface area contributed by atoms with Crippen LogP contribution in [0.15, 0.2) is 66.7 Å². The maximum atomic E-state index is 12.1. The first kappa shape index (κ1) is 27.5. The van der Waals surface area contributed by atoms with E-state index in [0.29, 0.717) is 6.54 Å². The zero-order chi connectivity index (χ0) is 24.0. The van der Waals surface area contributed by atoms with Gasteiger partial charge in [-0.25, -0.2) is 4.79 Å². The van der Waals surface area contributed by atoms with Gasteiger partial charge in [-0.1, -0.05) is 94.4 Å². The lowest BCUT2D eigenvalue weighted by Crippen LogP contribution is -2.39. The average Bonchev–Trinajstić information content (AvgIpc) is 3.68. The first-order valence-electron chi connectivity index (χ1n) is 12.2. The Morgan fingerprint density at radius 1 is 0.875 bits per heavy atom. The average molecular weight is 438 g/mol. The minimum Gasteiger partial charge on any atom is -0.444 e. The van der Waals surface area contributed by atoms with Crippen LogP contribution in [-0.4, -0.2) is 29.7 Å². The summed E-state index contributed by atoms with van der Waals surface area (Å²) in [5, 5.41) is 0. The number of carbonyl (C=O) groups excluding carboxylic acids is 1. The SMILES string of the molecule is CC.CC.CC(C)(C)OC(=O)N1CC=C(c2ccc(C3CC3)cc2)CC1.c1ccccc1. The zero-order valence-corrected chi connectivity index (χ0v) is 21.2.